The van der Waals surface area contributed by atoms with E-state index in [-0.39, 0.29) is 24.2 Å². The average Bonchev–Trinajstić information content (AvgIpc) is 2.09. The minimum atomic E-state index is -0.936. The van der Waals surface area contributed by atoms with Crippen LogP contribution in [-0.2, 0) is 9.59 Å². The summed E-state index contributed by atoms with van der Waals surface area (Å²) in [6, 6.07) is 0. The first-order valence-corrected chi connectivity index (χ1v) is 5.22. The van der Waals surface area contributed by atoms with E-state index in [1.54, 1.807) is 0 Å². The summed E-state index contributed by atoms with van der Waals surface area (Å²) in [7, 11) is 0. The Morgan fingerprint density at radius 3 is 2.20 bits per heavy atom. The van der Waals surface area contributed by atoms with Gasteiger partial charge in [0.25, 0.3) is 0 Å². The normalized spacial score (nSPS) is 13.3. The Labute approximate surface area is 91.1 Å². The van der Waals surface area contributed by atoms with Crippen LogP contribution in [0.3, 0.4) is 0 Å². The molecule has 0 spiro atoms. The second-order valence-corrected chi connectivity index (χ2v) is 4.96. The van der Waals surface area contributed by atoms with Crippen molar-refractivity contribution < 1.29 is 14.7 Å². The van der Waals surface area contributed by atoms with E-state index in [0.717, 1.165) is 0 Å². The third kappa shape index (κ3) is 6.94. The van der Waals surface area contributed by atoms with E-state index in [4.69, 9.17) is 5.11 Å². The predicted molar refractivity (Wildman–Crippen MR) is 58.5 cm³/mol. The van der Waals surface area contributed by atoms with Crippen LogP contribution in [0.2, 0.25) is 0 Å². The molecule has 0 aliphatic heterocycles. The predicted octanol–water partition coefficient (Wildman–Crippen LogP) is 1.65. The van der Waals surface area contributed by atoms with Gasteiger partial charge in [-0.1, -0.05) is 27.7 Å². The topological polar surface area (TPSA) is 66.4 Å². The number of nitrogens with one attached hydrogen (secondary N) is 1. The van der Waals surface area contributed by atoms with Gasteiger partial charge in [-0.05, 0) is 11.3 Å². The quantitative estimate of drug-likeness (QED) is 0.732. The summed E-state index contributed by atoms with van der Waals surface area (Å²) >= 11 is 0. The number of carboxylic acid groups (broad SMARTS) is 1. The van der Waals surface area contributed by atoms with E-state index in [1.807, 2.05) is 0 Å². The molecule has 2 N–H and O–H groups in total. The van der Waals surface area contributed by atoms with E-state index in [2.05, 4.69) is 33.0 Å². The molecule has 88 valence electrons. The number of hydrogen-bond donors (Lipinski definition) is 2. The standard InChI is InChI=1S/C11H21NO3/c1-8(11(2,3)4)7-12-9(13)5-6-10(14)15/h8H,5-7H2,1-4H3,(H,12,13)(H,14,15). The maximum atomic E-state index is 11.2. The van der Waals surface area contributed by atoms with E-state index >= 15 is 0 Å². The van der Waals surface area contributed by atoms with Crippen molar-refractivity contribution in [3.8, 4) is 0 Å². The van der Waals surface area contributed by atoms with Crippen molar-refractivity contribution in [2.45, 2.75) is 40.5 Å². The second-order valence-electron chi connectivity index (χ2n) is 4.96. The third-order valence-electron chi connectivity index (χ3n) is 2.65. The summed E-state index contributed by atoms with van der Waals surface area (Å²) < 4.78 is 0. The smallest absolute Gasteiger partial charge is 0.303 e. The highest BCUT2D eigenvalue weighted by molar-refractivity contribution is 5.80. The Balaban J connectivity index is 3.76. The zero-order valence-electron chi connectivity index (χ0n) is 9.96. The minimum absolute atomic E-state index is 0.0617. The first-order chi connectivity index (χ1) is 6.73. The Kier molecular flexibility index (Phi) is 5.33. The van der Waals surface area contributed by atoms with Crippen LogP contribution < -0.4 is 5.32 Å². The molecule has 0 fully saturated rings. The molecule has 0 rings (SSSR count). The summed E-state index contributed by atoms with van der Waals surface area (Å²) in [6.07, 6.45) is -0.0398. The van der Waals surface area contributed by atoms with Gasteiger partial charge in [-0.15, -0.1) is 0 Å². The molecule has 1 amide bonds. The van der Waals surface area contributed by atoms with E-state index < -0.39 is 5.97 Å². The molecule has 0 saturated carbocycles. The van der Waals surface area contributed by atoms with Gasteiger partial charge in [-0.3, -0.25) is 9.59 Å². The van der Waals surface area contributed by atoms with Crippen molar-refractivity contribution in [1.29, 1.82) is 0 Å². The first-order valence-electron chi connectivity index (χ1n) is 5.22. The lowest BCUT2D eigenvalue weighted by atomic mass is 9.82. The van der Waals surface area contributed by atoms with Crippen LogP contribution in [0.5, 0.6) is 0 Å². The molecule has 0 bridgehead atoms. The first kappa shape index (κ1) is 13.9. The van der Waals surface area contributed by atoms with Gasteiger partial charge in [-0.25, -0.2) is 0 Å². The number of hydrogen-bond acceptors (Lipinski definition) is 2. The number of carbonyl (C=O) groups is 2. The SMILES string of the molecule is CC(CNC(=O)CCC(=O)O)C(C)(C)C. The molecular weight excluding hydrogens is 194 g/mol. The molecule has 15 heavy (non-hydrogen) atoms. The van der Waals surface area contributed by atoms with Crippen LogP contribution in [0.4, 0.5) is 0 Å². The molecule has 0 aromatic heterocycles. The monoisotopic (exact) mass is 215 g/mol. The van der Waals surface area contributed by atoms with Gasteiger partial charge >= 0.3 is 5.97 Å². The van der Waals surface area contributed by atoms with E-state index in [0.29, 0.717) is 12.5 Å². The van der Waals surface area contributed by atoms with Crippen LogP contribution in [0.1, 0.15) is 40.5 Å². The fourth-order valence-corrected chi connectivity index (χ4v) is 0.882. The zero-order valence-corrected chi connectivity index (χ0v) is 9.96. The van der Waals surface area contributed by atoms with Crippen molar-refractivity contribution in [2.24, 2.45) is 11.3 Å². The lowest BCUT2D eigenvalue weighted by molar-refractivity contribution is -0.138. The Hall–Kier alpha value is -1.06. The largest absolute Gasteiger partial charge is 0.481 e. The third-order valence-corrected chi connectivity index (χ3v) is 2.65. The van der Waals surface area contributed by atoms with Crippen molar-refractivity contribution >= 4 is 11.9 Å². The summed E-state index contributed by atoms with van der Waals surface area (Å²) in [5, 5.41) is 11.1. The van der Waals surface area contributed by atoms with Gasteiger partial charge in [0, 0.05) is 13.0 Å². The van der Waals surface area contributed by atoms with Gasteiger partial charge in [0.1, 0.15) is 0 Å². The Morgan fingerprint density at radius 1 is 1.27 bits per heavy atom. The molecule has 1 unspecified atom stereocenters. The molecule has 0 aliphatic carbocycles. The van der Waals surface area contributed by atoms with Gasteiger partial charge in [0.05, 0.1) is 6.42 Å². The van der Waals surface area contributed by atoms with Gasteiger partial charge in [0.15, 0.2) is 0 Å². The highest BCUT2D eigenvalue weighted by atomic mass is 16.4. The van der Waals surface area contributed by atoms with Crippen molar-refractivity contribution in [1.82, 2.24) is 5.32 Å². The summed E-state index contributed by atoms with van der Waals surface area (Å²) in [5.41, 5.74) is 0.153. The van der Waals surface area contributed by atoms with Crippen LogP contribution in [0, 0.1) is 11.3 Å². The number of amides is 1. The molecule has 0 radical (unpaired) electrons. The minimum Gasteiger partial charge on any atom is -0.481 e. The van der Waals surface area contributed by atoms with Crippen LogP contribution in [0.15, 0.2) is 0 Å². The molecule has 4 nitrogen and oxygen atoms in total. The number of aliphatic carboxylic acids is 1. The Morgan fingerprint density at radius 2 is 1.80 bits per heavy atom. The van der Waals surface area contributed by atoms with Gasteiger partial charge in [-0.2, -0.15) is 0 Å². The zero-order chi connectivity index (χ0) is 12.1. The van der Waals surface area contributed by atoms with Crippen molar-refractivity contribution in [2.75, 3.05) is 6.54 Å². The second kappa shape index (κ2) is 5.73. The number of carbonyl (C=O) groups excluding carboxylic acids is 1. The van der Waals surface area contributed by atoms with Crippen LogP contribution in [0.25, 0.3) is 0 Å². The number of carboxylic acids is 1. The molecule has 4 heteroatoms. The molecule has 0 aliphatic rings. The van der Waals surface area contributed by atoms with Crippen LogP contribution >= 0.6 is 0 Å². The molecule has 0 aromatic carbocycles. The molecule has 0 aromatic rings. The fraction of sp³-hybridized carbons (Fsp3) is 0.818. The lowest BCUT2D eigenvalue weighted by Crippen LogP contribution is -2.33. The molecule has 0 saturated heterocycles. The molecule has 0 heterocycles. The summed E-state index contributed by atoms with van der Waals surface area (Å²) in [6.45, 7) is 9.00. The summed E-state index contributed by atoms with van der Waals surface area (Å²) in [4.78, 5) is 21.4. The number of rotatable bonds is 5. The lowest BCUT2D eigenvalue weighted by Gasteiger charge is -2.27. The molecule has 1 atom stereocenters. The highest BCUT2D eigenvalue weighted by Crippen LogP contribution is 2.24. The van der Waals surface area contributed by atoms with Gasteiger partial charge < -0.3 is 10.4 Å². The maximum Gasteiger partial charge on any atom is 0.303 e. The molecular formula is C11H21NO3. The van der Waals surface area contributed by atoms with E-state index in [1.165, 1.54) is 0 Å². The Bertz CT molecular complexity index is 230. The van der Waals surface area contributed by atoms with Crippen molar-refractivity contribution in [3.63, 3.8) is 0 Å². The maximum absolute atomic E-state index is 11.2. The average molecular weight is 215 g/mol. The van der Waals surface area contributed by atoms with Gasteiger partial charge in [0.2, 0.25) is 5.91 Å². The highest BCUT2D eigenvalue weighted by Gasteiger charge is 2.20. The van der Waals surface area contributed by atoms with Crippen LogP contribution in [-0.4, -0.2) is 23.5 Å². The van der Waals surface area contributed by atoms with Crippen molar-refractivity contribution in [3.05, 3.63) is 0 Å². The van der Waals surface area contributed by atoms with E-state index in [9.17, 15) is 9.59 Å². The fourth-order valence-electron chi connectivity index (χ4n) is 0.882. The summed E-state index contributed by atoms with van der Waals surface area (Å²) in [5.74, 6) is -0.756.